The lowest BCUT2D eigenvalue weighted by Gasteiger charge is -2.20. The van der Waals surface area contributed by atoms with E-state index < -0.39 is 17.5 Å². The first-order valence-corrected chi connectivity index (χ1v) is 12.8. The lowest BCUT2D eigenvalue weighted by molar-refractivity contribution is 0.00693. The largest absolute Gasteiger partial charge is 0.456 e. The van der Waals surface area contributed by atoms with Crippen LogP contribution in [-0.2, 0) is 4.74 Å². The van der Waals surface area contributed by atoms with Crippen molar-refractivity contribution in [2.45, 2.75) is 39.3 Å². The fraction of sp³-hybridized carbons (Fsp3) is 0.214. The number of carbonyl (C=O) groups excluding carboxylic acids is 2. The van der Waals surface area contributed by atoms with Crippen LogP contribution in [0.4, 0.5) is 0 Å². The molecule has 0 bridgehead atoms. The van der Waals surface area contributed by atoms with E-state index in [1.807, 2.05) is 51.3 Å². The number of esters is 1. The average Bonchev–Trinajstić information content (AvgIpc) is 3.39. The Bertz CT molecular complexity index is 1400. The van der Waals surface area contributed by atoms with Crippen LogP contribution < -0.4 is 10.1 Å². The quantitative estimate of drug-likeness (QED) is 0.254. The van der Waals surface area contributed by atoms with Crippen molar-refractivity contribution >= 4 is 34.8 Å². The molecule has 4 rings (SSSR count). The van der Waals surface area contributed by atoms with Gasteiger partial charge in [-0.2, -0.15) is 0 Å². The van der Waals surface area contributed by atoms with Crippen LogP contribution in [0.2, 0.25) is 5.02 Å². The van der Waals surface area contributed by atoms with Crippen LogP contribution in [0, 0.1) is 0 Å². The van der Waals surface area contributed by atoms with Gasteiger partial charge in [-0.05, 0) is 63.6 Å². The molecule has 0 radical (unpaired) electrons. The lowest BCUT2D eigenvalue weighted by Crippen LogP contribution is -2.27. The number of amides is 1. The first kappa shape index (κ1) is 26.3. The maximum absolute atomic E-state index is 13.2. The van der Waals surface area contributed by atoms with E-state index in [9.17, 15) is 9.59 Å². The molecule has 0 fully saturated rings. The minimum Gasteiger partial charge on any atom is -0.456 e. The van der Waals surface area contributed by atoms with Crippen molar-refractivity contribution in [3.8, 4) is 22.2 Å². The van der Waals surface area contributed by atoms with Crippen LogP contribution in [-0.4, -0.2) is 27.4 Å². The third kappa shape index (κ3) is 6.93. The van der Waals surface area contributed by atoms with Crippen LogP contribution in [0.15, 0.2) is 72.4 Å². The smallest absolute Gasteiger partial charge is 0.338 e. The molecule has 0 saturated carbocycles. The van der Waals surface area contributed by atoms with Crippen molar-refractivity contribution in [1.29, 1.82) is 0 Å². The highest BCUT2D eigenvalue weighted by Crippen LogP contribution is 2.30. The molecule has 0 aliphatic rings. The van der Waals surface area contributed by atoms with E-state index in [1.165, 1.54) is 23.6 Å². The van der Waals surface area contributed by atoms with Crippen LogP contribution in [0.3, 0.4) is 0 Å². The monoisotopic (exact) mass is 535 g/mol. The molecular weight excluding hydrogens is 510 g/mol. The molecule has 1 amide bonds. The number of thiazole rings is 1. The van der Waals surface area contributed by atoms with Crippen molar-refractivity contribution in [3.05, 3.63) is 94.1 Å². The van der Waals surface area contributed by atoms with Gasteiger partial charge in [-0.1, -0.05) is 35.9 Å². The summed E-state index contributed by atoms with van der Waals surface area (Å²) in [5, 5.41) is 6.01. The normalized spacial score (nSPS) is 12.0. The number of nitrogens with one attached hydrogen (secondary N) is 1. The molecule has 2 heterocycles. The number of hydrogen-bond donors (Lipinski definition) is 1. The fourth-order valence-electron chi connectivity index (χ4n) is 3.44. The standard InChI is InChI=1S/C28H26ClN3O4S/c1-17(18-8-10-19(11-9-18)27(34)36-28(2,3)4)32-24(33)23-15-21(29)16-31-25(23)35-22-7-5-6-20(14-22)26-30-12-13-37-26/h5-17H,1-4H3,(H,32,33)/t17-/m0/s1. The molecule has 7 nitrogen and oxygen atoms in total. The van der Waals surface area contributed by atoms with Crippen molar-refractivity contribution < 1.29 is 19.1 Å². The molecule has 0 spiro atoms. The summed E-state index contributed by atoms with van der Waals surface area (Å²) >= 11 is 7.68. The predicted octanol–water partition coefficient (Wildman–Crippen LogP) is 7.10. The average molecular weight is 536 g/mol. The number of nitrogens with zero attached hydrogens (tertiary/aromatic N) is 2. The summed E-state index contributed by atoms with van der Waals surface area (Å²) in [5.74, 6) is -0.153. The van der Waals surface area contributed by atoms with Gasteiger partial charge in [0.05, 0.1) is 16.6 Å². The van der Waals surface area contributed by atoms with Gasteiger partial charge in [-0.25, -0.2) is 14.8 Å². The number of hydrogen-bond acceptors (Lipinski definition) is 7. The highest BCUT2D eigenvalue weighted by atomic mass is 35.5. The number of halogens is 1. The third-order valence-corrected chi connectivity index (χ3v) is 6.21. The number of aromatic nitrogens is 2. The van der Waals surface area contributed by atoms with Crippen molar-refractivity contribution in [3.63, 3.8) is 0 Å². The zero-order valence-electron chi connectivity index (χ0n) is 20.8. The van der Waals surface area contributed by atoms with E-state index in [2.05, 4.69) is 15.3 Å². The summed E-state index contributed by atoms with van der Waals surface area (Å²) in [6.07, 6.45) is 3.17. The van der Waals surface area contributed by atoms with E-state index in [0.29, 0.717) is 16.3 Å². The molecule has 2 aromatic carbocycles. The summed E-state index contributed by atoms with van der Waals surface area (Å²) < 4.78 is 11.4. The predicted molar refractivity (Wildman–Crippen MR) is 144 cm³/mol. The highest BCUT2D eigenvalue weighted by molar-refractivity contribution is 7.13. The van der Waals surface area contributed by atoms with Crippen molar-refractivity contribution in [2.75, 3.05) is 0 Å². The zero-order valence-corrected chi connectivity index (χ0v) is 22.4. The SMILES string of the molecule is C[C@H](NC(=O)c1cc(Cl)cnc1Oc1cccc(-c2nccs2)c1)c1ccc(C(=O)OC(C)(C)C)cc1. The van der Waals surface area contributed by atoms with Gasteiger partial charge in [0, 0.05) is 23.3 Å². The Morgan fingerprint density at radius 1 is 1.05 bits per heavy atom. The third-order valence-electron chi connectivity index (χ3n) is 5.18. The minimum atomic E-state index is -0.579. The summed E-state index contributed by atoms with van der Waals surface area (Å²) in [6, 6.07) is 15.5. The molecule has 0 saturated heterocycles. The van der Waals surface area contributed by atoms with Crippen LogP contribution in [0.5, 0.6) is 11.6 Å². The van der Waals surface area contributed by atoms with E-state index in [1.54, 1.807) is 36.5 Å². The minimum absolute atomic E-state index is 0.130. The number of rotatable bonds is 7. The van der Waals surface area contributed by atoms with Crippen molar-refractivity contribution in [2.24, 2.45) is 0 Å². The summed E-state index contributed by atoms with van der Waals surface area (Å²) in [4.78, 5) is 34.1. The van der Waals surface area contributed by atoms with Crippen LogP contribution >= 0.6 is 22.9 Å². The molecule has 9 heteroatoms. The second-order valence-electron chi connectivity index (χ2n) is 9.29. The fourth-order valence-corrected chi connectivity index (χ4v) is 4.24. The van der Waals surface area contributed by atoms with Crippen LogP contribution in [0.25, 0.3) is 10.6 Å². The molecular formula is C28H26ClN3O4S. The number of benzene rings is 2. The van der Waals surface area contributed by atoms with Gasteiger partial charge in [-0.3, -0.25) is 4.79 Å². The number of pyridine rings is 1. The Kier molecular flexibility index (Phi) is 7.90. The van der Waals surface area contributed by atoms with E-state index in [-0.39, 0.29) is 17.5 Å². The van der Waals surface area contributed by atoms with Gasteiger partial charge < -0.3 is 14.8 Å². The first-order valence-electron chi connectivity index (χ1n) is 11.6. The molecule has 0 aliphatic carbocycles. The van der Waals surface area contributed by atoms with Gasteiger partial charge >= 0.3 is 5.97 Å². The topological polar surface area (TPSA) is 90.4 Å². The maximum Gasteiger partial charge on any atom is 0.338 e. The summed E-state index contributed by atoms with van der Waals surface area (Å²) in [6.45, 7) is 7.29. The first-order chi connectivity index (χ1) is 17.6. The van der Waals surface area contributed by atoms with Gasteiger partial charge in [-0.15, -0.1) is 11.3 Å². The Balaban J connectivity index is 1.49. The second-order valence-corrected chi connectivity index (χ2v) is 10.6. The maximum atomic E-state index is 13.2. The van der Waals surface area contributed by atoms with Gasteiger partial charge in [0.25, 0.3) is 5.91 Å². The summed E-state index contributed by atoms with van der Waals surface area (Å²) in [7, 11) is 0. The van der Waals surface area contributed by atoms with Gasteiger partial charge in [0.1, 0.15) is 21.9 Å². The lowest BCUT2D eigenvalue weighted by atomic mass is 10.1. The van der Waals surface area contributed by atoms with Gasteiger partial charge in [0.15, 0.2) is 0 Å². The molecule has 37 heavy (non-hydrogen) atoms. The second kappa shape index (κ2) is 11.1. The van der Waals surface area contributed by atoms with Gasteiger partial charge in [0.2, 0.25) is 5.88 Å². The number of ether oxygens (including phenoxy) is 2. The Labute approximate surface area is 224 Å². The number of carbonyl (C=O) groups is 2. The summed E-state index contributed by atoms with van der Waals surface area (Å²) in [5.41, 5.74) is 1.77. The molecule has 0 aliphatic heterocycles. The van der Waals surface area contributed by atoms with Crippen molar-refractivity contribution in [1.82, 2.24) is 15.3 Å². The van der Waals surface area contributed by atoms with Crippen LogP contribution in [0.1, 0.15) is 60.0 Å². The highest BCUT2D eigenvalue weighted by Gasteiger charge is 2.20. The molecule has 2 aromatic heterocycles. The molecule has 1 N–H and O–H groups in total. The zero-order chi connectivity index (χ0) is 26.6. The molecule has 4 aromatic rings. The molecule has 1 atom stereocenters. The van der Waals surface area contributed by atoms with E-state index in [4.69, 9.17) is 21.1 Å². The molecule has 0 unspecified atom stereocenters. The van der Waals surface area contributed by atoms with E-state index in [0.717, 1.165) is 16.1 Å². The Morgan fingerprint density at radius 3 is 2.49 bits per heavy atom. The molecule has 190 valence electrons. The Morgan fingerprint density at radius 2 is 1.81 bits per heavy atom. The Hall–Kier alpha value is -3.75. The van der Waals surface area contributed by atoms with E-state index >= 15 is 0 Å².